The molecule has 0 fully saturated rings. The molecule has 1 aromatic carbocycles. The van der Waals surface area contributed by atoms with Crippen LogP contribution in [-0.4, -0.2) is 18.9 Å². The molecule has 0 heterocycles. The quantitative estimate of drug-likeness (QED) is 0.826. The summed E-state index contributed by atoms with van der Waals surface area (Å²) in [5, 5.41) is 3.62. The van der Waals surface area contributed by atoms with Crippen LogP contribution >= 0.6 is 11.6 Å². The Morgan fingerprint density at radius 1 is 1.43 bits per heavy atom. The van der Waals surface area contributed by atoms with Crippen molar-refractivity contribution in [3.63, 3.8) is 0 Å². The van der Waals surface area contributed by atoms with E-state index in [1.807, 2.05) is 19.1 Å². The standard InChI is InChI=1S/C11H14ClNO/c1-8(13-2)11(14)7-9-3-5-10(12)6-4-9/h3-6,8,13H,7H2,1-2H3. The lowest BCUT2D eigenvalue weighted by molar-refractivity contribution is -0.119. The van der Waals surface area contributed by atoms with E-state index in [9.17, 15) is 4.79 Å². The molecule has 1 aromatic rings. The average Bonchev–Trinajstić information content (AvgIpc) is 2.20. The van der Waals surface area contributed by atoms with Crippen LogP contribution in [0.5, 0.6) is 0 Å². The molecule has 2 nitrogen and oxygen atoms in total. The summed E-state index contributed by atoms with van der Waals surface area (Å²) in [5.74, 6) is 0.190. The minimum absolute atomic E-state index is 0.0920. The summed E-state index contributed by atoms with van der Waals surface area (Å²) in [5.41, 5.74) is 1.00. The van der Waals surface area contributed by atoms with Crippen molar-refractivity contribution in [3.8, 4) is 0 Å². The van der Waals surface area contributed by atoms with Gasteiger partial charge in [0.05, 0.1) is 6.04 Å². The van der Waals surface area contributed by atoms with Crippen LogP contribution < -0.4 is 5.32 Å². The first-order valence-electron chi connectivity index (χ1n) is 4.58. The van der Waals surface area contributed by atoms with Gasteiger partial charge < -0.3 is 5.32 Å². The predicted molar refractivity (Wildman–Crippen MR) is 58.7 cm³/mol. The van der Waals surface area contributed by atoms with Crippen molar-refractivity contribution in [3.05, 3.63) is 34.9 Å². The Morgan fingerprint density at radius 3 is 2.50 bits per heavy atom. The second-order valence-electron chi connectivity index (χ2n) is 3.28. The normalized spacial score (nSPS) is 12.5. The highest BCUT2D eigenvalue weighted by molar-refractivity contribution is 6.30. The Hall–Kier alpha value is -0.860. The summed E-state index contributed by atoms with van der Waals surface area (Å²) in [4.78, 5) is 11.5. The Kier molecular flexibility index (Phi) is 4.11. The fourth-order valence-electron chi connectivity index (χ4n) is 1.12. The van der Waals surface area contributed by atoms with Gasteiger partial charge in [-0.05, 0) is 31.7 Å². The molecular weight excluding hydrogens is 198 g/mol. The number of hydrogen-bond donors (Lipinski definition) is 1. The molecule has 0 aliphatic carbocycles. The summed E-state index contributed by atoms with van der Waals surface area (Å²) < 4.78 is 0. The molecule has 76 valence electrons. The van der Waals surface area contributed by atoms with Gasteiger partial charge in [-0.2, -0.15) is 0 Å². The van der Waals surface area contributed by atoms with Crippen molar-refractivity contribution >= 4 is 17.4 Å². The minimum Gasteiger partial charge on any atom is -0.311 e. The summed E-state index contributed by atoms with van der Waals surface area (Å²) in [6.07, 6.45) is 0.458. The largest absolute Gasteiger partial charge is 0.311 e. The van der Waals surface area contributed by atoms with Crippen molar-refractivity contribution < 1.29 is 4.79 Å². The van der Waals surface area contributed by atoms with Crippen LogP contribution in [0, 0.1) is 0 Å². The maximum Gasteiger partial charge on any atom is 0.153 e. The van der Waals surface area contributed by atoms with Crippen LogP contribution in [0.2, 0.25) is 5.02 Å². The van der Waals surface area contributed by atoms with E-state index in [0.29, 0.717) is 11.4 Å². The summed E-state index contributed by atoms with van der Waals surface area (Å²) >= 11 is 5.74. The maximum atomic E-state index is 11.5. The molecule has 3 heteroatoms. The third-order valence-electron chi connectivity index (χ3n) is 2.21. The maximum absolute atomic E-state index is 11.5. The van der Waals surface area contributed by atoms with E-state index < -0.39 is 0 Å². The number of halogens is 1. The van der Waals surface area contributed by atoms with Crippen molar-refractivity contribution in [2.24, 2.45) is 0 Å². The van der Waals surface area contributed by atoms with Crippen LogP contribution in [0.15, 0.2) is 24.3 Å². The molecule has 1 rings (SSSR count). The van der Waals surface area contributed by atoms with Crippen molar-refractivity contribution in [1.82, 2.24) is 5.32 Å². The van der Waals surface area contributed by atoms with Gasteiger partial charge in [0.25, 0.3) is 0 Å². The van der Waals surface area contributed by atoms with Crippen molar-refractivity contribution in [2.45, 2.75) is 19.4 Å². The molecule has 1 unspecified atom stereocenters. The van der Waals surface area contributed by atoms with Gasteiger partial charge in [-0.15, -0.1) is 0 Å². The number of rotatable bonds is 4. The Morgan fingerprint density at radius 2 is 2.00 bits per heavy atom. The number of benzene rings is 1. The monoisotopic (exact) mass is 211 g/mol. The van der Waals surface area contributed by atoms with Gasteiger partial charge in [-0.25, -0.2) is 0 Å². The zero-order valence-corrected chi connectivity index (χ0v) is 9.14. The highest BCUT2D eigenvalue weighted by Gasteiger charge is 2.10. The number of nitrogens with one attached hydrogen (secondary N) is 1. The lowest BCUT2D eigenvalue weighted by Gasteiger charge is -2.08. The van der Waals surface area contributed by atoms with Crippen LogP contribution in [0.3, 0.4) is 0 Å². The predicted octanol–water partition coefficient (Wildman–Crippen LogP) is 2.06. The lowest BCUT2D eigenvalue weighted by atomic mass is 10.1. The number of ketones is 1. The second-order valence-corrected chi connectivity index (χ2v) is 3.72. The zero-order valence-electron chi connectivity index (χ0n) is 8.38. The van der Waals surface area contributed by atoms with E-state index in [-0.39, 0.29) is 11.8 Å². The Bertz CT molecular complexity index is 308. The van der Waals surface area contributed by atoms with Gasteiger partial charge in [-0.1, -0.05) is 23.7 Å². The SMILES string of the molecule is CNC(C)C(=O)Cc1ccc(Cl)cc1. The molecule has 0 bridgehead atoms. The number of hydrogen-bond acceptors (Lipinski definition) is 2. The molecule has 0 aliphatic rings. The molecule has 1 N–H and O–H groups in total. The van der Waals surface area contributed by atoms with E-state index in [1.165, 1.54) is 0 Å². The van der Waals surface area contributed by atoms with Gasteiger partial charge in [-0.3, -0.25) is 4.79 Å². The van der Waals surface area contributed by atoms with Crippen molar-refractivity contribution in [1.29, 1.82) is 0 Å². The molecule has 0 radical (unpaired) electrons. The fourth-order valence-corrected chi connectivity index (χ4v) is 1.24. The fraction of sp³-hybridized carbons (Fsp3) is 0.364. The zero-order chi connectivity index (χ0) is 10.6. The van der Waals surface area contributed by atoms with Crippen LogP contribution in [-0.2, 0) is 11.2 Å². The molecular formula is C11H14ClNO. The number of likely N-dealkylation sites (N-methyl/N-ethyl adjacent to an activating group) is 1. The van der Waals surface area contributed by atoms with E-state index >= 15 is 0 Å². The summed E-state index contributed by atoms with van der Waals surface area (Å²) in [7, 11) is 1.78. The topological polar surface area (TPSA) is 29.1 Å². The molecule has 14 heavy (non-hydrogen) atoms. The molecule has 1 atom stereocenters. The Labute approximate surface area is 89.3 Å². The van der Waals surface area contributed by atoms with Gasteiger partial charge in [0, 0.05) is 11.4 Å². The highest BCUT2D eigenvalue weighted by Crippen LogP contribution is 2.10. The van der Waals surface area contributed by atoms with Gasteiger partial charge >= 0.3 is 0 Å². The molecule has 0 spiro atoms. The average molecular weight is 212 g/mol. The Balaban J connectivity index is 2.60. The first kappa shape index (κ1) is 11.2. The lowest BCUT2D eigenvalue weighted by Crippen LogP contribution is -2.31. The van der Waals surface area contributed by atoms with Crippen LogP contribution in [0.25, 0.3) is 0 Å². The number of Topliss-reactive ketones (excluding diaryl/α,β-unsaturated/α-hetero) is 1. The van der Waals surface area contributed by atoms with Crippen molar-refractivity contribution in [2.75, 3.05) is 7.05 Å². The van der Waals surface area contributed by atoms with Gasteiger partial charge in [0.15, 0.2) is 5.78 Å². The second kappa shape index (κ2) is 5.13. The summed E-state index contributed by atoms with van der Waals surface area (Å²) in [6.45, 7) is 1.86. The smallest absolute Gasteiger partial charge is 0.153 e. The first-order valence-corrected chi connectivity index (χ1v) is 4.95. The molecule has 0 saturated heterocycles. The minimum atomic E-state index is -0.0920. The van der Waals surface area contributed by atoms with Crippen LogP contribution in [0.4, 0.5) is 0 Å². The number of carbonyl (C=O) groups is 1. The highest BCUT2D eigenvalue weighted by atomic mass is 35.5. The molecule has 0 aromatic heterocycles. The third kappa shape index (κ3) is 3.13. The van der Waals surface area contributed by atoms with E-state index in [4.69, 9.17) is 11.6 Å². The van der Waals surface area contributed by atoms with E-state index in [1.54, 1.807) is 19.2 Å². The molecule has 0 saturated carbocycles. The molecule has 0 amide bonds. The molecule has 0 aliphatic heterocycles. The van der Waals surface area contributed by atoms with Gasteiger partial charge in [0.2, 0.25) is 0 Å². The number of carbonyl (C=O) groups excluding carboxylic acids is 1. The van der Waals surface area contributed by atoms with E-state index in [0.717, 1.165) is 5.56 Å². The van der Waals surface area contributed by atoms with Crippen LogP contribution in [0.1, 0.15) is 12.5 Å². The third-order valence-corrected chi connectivity index (χ3v) is 2.46. The summed E-state index contributed by atoms with van der Waals surface area (Å²) in [6, 6.07) is 7.26. The van der Waals surface area contributed by atoms with E-state index in [2.05, 4.69) is 5.32 Å². The first-order chi connectivity index (χ1) is 6.63. The van der Waals surface area contributed by atoms with Gasteiger partial charge in [0.1, 0.15) is 0 Å².